The normalized spacial score (nSPS) is 18.4. The van der Waals surface area contributed by atoms with Crippen molar-refractivity contribution in [3.05, 3.63) is 18.7 Å². The molecule has 1 fully saturated rings. The predicted molar refractivity (Wildman–Crippen MR) is 87.5 cm³/mol. The molecule has 0 aliphatic heterocycles. The highest BCUT2D eigenvalue weighted by Crippen LogP contribution is 2.29. The molecule has 1 atom stereocenters. The maximum absolute atomic E-state index is 12.4. The minimum Gasteiger partial charge on any atom is -0.368 e. The Morgan fingerprint density at radius 2 is 2.00 bits per heavy atom. The second-order valence-corrected chi connectivity index (χ2v) is 7.43. The van der Waals surface area contributed by atoms with Crippen LogP contribution in [0.2, 0.25) is 0 Å². The van der Waals surface area contributed by atoms with Crippen LogP contribution >= 0.6 is 0 Å². The Balaban J connectivity index is 2.04. The highest BCUT2D eigenvalue weighted by molar-refractivity contribution is 5.90. The van der Waals surface area contributed by atoms with Crippen molar-refractivity contribution in [2.45, 2.75) is 64.6 Å². The van der Waals surface area contributed by atoms with Crippen LogP contribution in [-0.2, 0) is 11.3 Å². The van der Waals surface area contributed by atoms with Crippen molar-refractivity contribution in [1.29, 1.82) is 0 Å². The molecule has 4 N–H and O–H groups in total. The van der Waals surface area contributed by atoms with E-state index in [1.807, 2.05) is 10.8 Å². The molecular weight excluding hydrogens is 294 g/mol. The first kappa shape index (κ1) is 17.3. The number of primary amides is 1. The molecule has 7 nitrogen and oxygen atoms in total. The van der Waals surface area contributed by atoms with Crippen molar-refractivity contribution >= 4 is 11.9 Å². The molecule has 0 aromatic carbocycles. The summed E-state index contributed by atoms with van der Waals surface area (Å²) < 4.78 is 1.93. The van der Waals surface area contributed by atoms with Crippen LogP contribution in [0.15, 0.2) is 18.7 Å². The molecule has 0 spiro atoms. The largest absolute Gasteiger partial charge is 0.368 e. The number of rotatable bonds is 5. The second-order valence-electron chi connectivity index (χ2n) is 7.43. The number of carbonyl (C=O) groups is 2. The van der Waals surface area contributed by atoms with Gasteiger partial charge in [-0.2, -0.15) is 0 Å². The summed E-state index contributed by atoms with van der Waals surface area (Å²) in [7, 11) is 0. The van der Waals surface area contributed by atoms with Gasteiger partial charge in [0.15, 0.2) is 0 Å². The van der Waals surface area contributed by atoms with E-state index in [1.165, 1.54) is 0 Å². The van der Waals surface area contributed by atoms with E-state index in [0.29, 0.717) is 19.4 Å². The first-order chi connectivity index (χ1) is 10.7. The van der Waals surface area contributed by atoms with Crippen LogP contribution in [0.5, 0.6) is 0 Å². The van der Waals surface area contributed by atoms with E-state index in [9.17, 15) is 9.59 Å². The molecule has 1 aromatic rings. The third kappa shape index (κ3) is 4.24. The fourth-order valence-corrected chi connectivity index (χ4v) is 2.96. The van der Waals surface area contributed by atoms with Gasteiger partial charge in [0.2, 0.25) is 5.91 Å². The van der Waals surface area contributed by atoms with E-state index in [-0.39, 0.29) is 17.5 Å². The molecule has 1 aliphatic carbocycles. The van der Waals surface area contributed by atoms with Gasteiger partial charge in [0.05, 0.1) is 12.4 Å². The fraction of sp³-hybridized carbons (Fsp3) is 0.688. The number of hydrogen-bond acceptors (Lipinski definition) is 3. The number of nitrogens with zero attached hydrogens (tertiary/aromatic N) is 2. The quantitative estimate of drug-likeness (QED) is 0.763. The van der Waals surface area contributed by atoms with Gasteiger partial charge in [0.1, 0.15) is 5.54 Å². The molecule has 23 heavy (non-hydrogen) atoms. The zero-order chi connectivity index (χ0) is 17.1. The number of aromatic nitrogens is 2. The van der Waals surface area contributed by atoms with Crippen LogP contribution in [0.25, 0.3) is 0 Å². The minimum atomic E-state index is -0.901. The number of imidazole rings is 1. The highest BCUT2D eigenvalue weighted by atomic mass is 16.2. The lowest BCUT2D eigenvalue weighted by atomic mass is 9.86. The summed E-state index contributed by atoms with van der Waals surface area (Å²) in [5, 5.41) is 5.82. The molecule has 128 valence electrons. The van der Waals surface area contributed by atoms with E-state index in [1.54, 1.807) is 12.5 Å². The standard InChI is InChI=1S/C16H27N5O2/c1-15(2,3)12(10-21-9-8-18-11-21)19-14(23)20-16(13(17)22)6-4-5-7-16/h8-9,11-12H,4-7,10H2,1-3H3,(H2,17,22)(H2,19,20,23). The Bertz CT molecular complexity index is 541. The van der Waals surface area contributed by atoms with Crippen molar-refractivity contribution in [2.75, 3.05) is 0 Å². The average Bonchev–Trinajstić information content (AvgIpc) is 3.08. The number of carbonyl (C=O) groups excluding carboxylic acids is 2. The molecule has 1 aliphatic rings. The summed E-state index contributed by atoms with van der Waals surface area (Å²) in [4.78, 5) is 28.2. The van der Waals surface area contributed by atoms with Crippen molar-refractivity contribution in [2.24, 2.45) is 11.1 Å². The van der Waals surface area contributed by atoms with Gasteiger partial charge in [-0.25, -0.2) is 9.78 Å². The molecule has 0 bridgehead atoms. The van der Waals surface area contributed by atoms with E-state index in [0.717, 1.165) is 12.8 Å². The van der Waals surface area contributed by atoms with Gasteiger partial charge >= 0.3 is 6.03 Å². The Morgan fingerprint density at radius 3 is 2.48 bits per heavy atom. The molecule has 2 rings (SSSR count). The summed E-state index contributed by atoms with van der Waals surface area (Å²) in [5.74, 6) is -0.452. The van der Waals surface area contributed by atoms with Crippen molar-refractivity contribution in [3.63, 3.8) is 0 Å². The molecule has 1 aromatic heterocycles. The Kier molecular flexibility index (Phi) is 4.97. The lowest BCUT2D eigenvalue weighted by Gasteiger charge is -2.34. The van der Waals surface area contributed by atoms with Crippen LogP contribution in [0.4, 0.5) is 4.79 Å². The molecule has 0 saturated heterocycles. The molecule has 1 heterocycles. The van der Waals surface area contributed by atoms with Crippen LogP contribution in [0.3, 0.4) is 0 Å². The van der Waals surface area contributed by atoms with Crippen molar-refractivity contribution < 1.29 is 9.59 Å². The van der Waals surface area contributed by atoms with Crippen molar-refractivity contribution in [3.8, 4) is 0 Å². The predicted octanol–water partition coefficient (Wildman–Crippen LogP) is 1.40. The van der Waals surface area contributed by atoms with Crippen LogP contribution in [0.1, 0.15) is 46.5 Å². The summed E-state index contributed by atoms with van der Waals surface area (Å²) in [5.41, 5.74) is 4.47. The molecule has 7 heteroatoms. The van der Waals surface area contributed by atoms with Crippen LogP contribution in [0, 0.1) is 5.41 Å². The summed E-state index contributed by atoms with van der Waals surface area (Å²) in [6, 6.07) is -0.450. The van der Waals surface area contributed by atoms with Gasteiger partial charge in [0, 0.05) is 18.9 Å². The van der Waals surface area contributed by atoms with Gasteiger partial charge in [-0.3, -0.25) is 4.79 Å². The Hall–Kier alpha value is -2.05. The molecule has 1 unspecified atom stereocenters. The minimum absolute atomic E-state index is 0.108. The maximum atomic E-state index is 12.4. The van der Waals surface area contributed by atoms with Gasteiger partial charge in [-0.1, -0.05) is 33.6 Å². The number of nitrogens with two attached hydrogens (primary N) is 1. The van der Waals surface area contributed by atoms with E-state index in [2.05, 4.69) is 36.4 Å². The maximum Gasteiger partial charge on any atom is 0.315 e. The highest BCUT2D eigenvalue weighted by Gasteiger charge is 2.41. The van der Waals surface area contributed by atoms with Gasteiger partial charge in [-0.15, -0.1) is 0 Å². The summed E-state index contributed by atoms with van der Waals surface area (Å²) in [6.45, 7) is 6.80. The van der Waals surface area contributed by atoms with Crippen LogP contribution < -0.4 is 16.4 Å². The van der Waals surface area contributed by atoms with E-state index in [4.69, 9.17) is 5.73 Å². The van der Waals surface area contributed by atoms with E-state index >= 15 is 0 Å². The Labute approximate surface area is 137 Å². The SMILES string of the molecule is CC(C)(C)C(Cn1ccnc1)NC(=O)NC1(C(N)=O)CCCC1. The number of urea groups is 1. The number of hydrogen-bond donors (Lipinski definition) is 3. The first-order valence-corrected chi connectivity index (χ1v) is 8.07. The molecule has 0 radical (unpaired) electrons. The second kappa shape index (κ2) is 6.60. The number of nitrogens with one attached hydrogen (secondary N) is 2. The first-order valence-electron chi connectivity index (χ1n) is 8.07. The summed E-state index contributed by atoms with van der Waals surface area (Å²) >= 11 is 0. The smallest absolute Gasteiger partial charge is 0.315 e. The van der Waals surface area contributed by atoms with E-state index < -0.39 is 11.4 Å². The van der Waals surface area contributed by atoms with Gasteiger partial charge < -0.3 is 20.9 Å². The van der Waals surface area contributed by atoms with Crippen molar-refractivity contribution in [1.82, 2.24) is 20.2 Å². The molecule has 1 saturated carbocycles. The number of amides is 3. The Morgan fingerprint density at radius 1 is 1.35 bits per heavy atom. The zero-order valence-corrected chi connectivity index (χ0v) is 14.1. The topological polar surface area (TPSA) is 102 Å². The third-order valence-electron chi connectivity index (χ3n) is 4.58. The summed E-state index contributed by atoms with van der Waals surface area (Å²) in [6.07, 6.45) is 8.32. The van der Waals surface area contributed by atoms with Gasteiger partial charge in [-0.05, 0) is 18.3 Å². The third-order valence-corrected chi connectivity index (χ3v) is 4.58. The monoisotopic (exact) mass is 321 g/mol. The average molecular weight is 321 g/mol. The fourth-order valence-electron chi connectivity index (χ4n) is 2.96. The van der Waals surface area contributed by atoms with Gasteiger partial charge in [0.25, 0.3) is 0 Å². The molecular formula is C16H27N5O2. The zero-order valence-electron chi connectivity index (χ0n) is 14.1. The lowest BCUT2D eigenvalue weighted by molar-refractivity contribution is -0.123. The molecule has 3 amide bonds. The van der Waals surface area contributed by atoms with Crippen LogP contribution in [-0.4, -0.2) is 33.1 Å². The lowest BCUT2D eigenvalue weighted by Crippen LogP contribution is -2.60.